The van der Waals surface area contributed by atoms with E-state index in [9.17, 15) is 27.6 Å². The number of nitrogens with one attached hydrogen (secondary N) is 1. The smallest absolute Gasteiger partial charge is 0.406 e. The van der Waals surface area contributed by atoms with E-state index in [-0.39, 0.29) is 25.1 Å². The summed E-state index contributed by atoms with van der Waals surface area (Å²) in [7, 11) is 0. The van der Waals surface area contributed by atoms with E-state index in [0.29, 0.717) is 16.3 Å². The molecule has 150 valence electrons. The summed E-state index contributed by atoms with van der Waals surface area (Å²) >= 11 is 1.21. The zero-order valence-electron chi connectivity index (χ0n) is 15.2. The predicted molar refractivity (Wildman–Crippen MR) is 93.8 cm³/mol. The van der Waals surface area contributed by atoms with Crippen LogP contribution < -0.4 is 5.32 Å². The van der Waals surface area contributed by atoms with Crippen LogP contribution in [-0.2, 0) is 20.7 Å². The van der Waals surface area contributed by atoms with Crippen molar-refractivity contribution in [2.24, 2.45) is 5.92 Å². The van der Waals surface area contributed by atoms with E-state index in [2.05, 4.69) is 5.32 Å². The first kappa shape index (κ1) is 21.2. The number of hydrogen-bond donors (Lipinski definition) is 1. The van der Waals surface area contributed by atoms with Gasteiger partial charge in [-0.15, -0.1) is 11.3 Å². The van der Waals surface area contributed by atoms with Crippen molar-refractivity contribution in [1.82, 2.24) is 4.90 Å². The van der Waals surface area contributed by atoms with Gasteiger partial charge in [0.2, 0.25) is 11.8 Å². The number of thiophene rings is 1. The summed E-state index contributed by atoms with van der Waals surface area (Å²) in [5, 5.41) is 2.91. The number of aryl methyl sites for hydroxylation is 1. The van der Waals surface area contributed by atoms with Crippen LogP contribution in [-0.4, -0.2) is 48.6 Å². The van der Waals surface area contributed by atoms with Crippen LogP contribution in [0, 0.1) is 12.8 Å². The minimum Gasteiger partial charge on any atom is -0.462 e. The monoisotopic (exact) mass is 406 g/mol. The topological polar surface area (TPSA) is 75.7 Å². The molecule has 2 heterocycles. The Balaban J connectivity index is 2.17. The molecule has 1 atom stereocenters. The second kappa shape index (κ2) is 8.28. The number of esters is 1. The van der Waals surface area contributed by atoms with Crippen LogP contribution in [0.3, 0.4) is 0 Å². The van der Waals surface area contributed by atoms with E-state index in [1.807, 2.05) is 13.8 Å². The van der Waals surface area contributed by atoms with E-state index in [1.54, 1.807) is 6.92 Å². The number of rotatable bonds is 6. The molecular formula is C17H21F3N2O4S. The molecular weight excluding hydrogens is 385 g/mol. The molecule has 1 aromatic rings. The van der Waals surface area contributed by atoms with Crippen molar-refractivity contribution < 1.29 is 32.3 Å². The Morgan fingerprint density at radius 2 is 2.00 bits per heavy atom. The Morgan fingerprint density at radius 1 is 1.33 bits per heavy atom. The molecule has 1 aliphatic rings. The number of ether oxygens (including phenoxy) is 1. The first-order valence-corrected chi connectivity index (χ1v) is 9.33. The molecule has 2 amide bonds. The number of amides is 2. The van der Waals surface area contributed by atoms with Gasteiger partial charge in [0.1, 0.15) is 11.5 Å². The largest absolute Gasteiger partial charge is 0.462 e. The van der Waals surface area contributed by atoms with Crippen molar-refractivity contribution in [3.63, 3.8) is 0 Å². The highest BCUT2D eigenvalue weighted by molar-refractivity contribution is 7.16. The Hall–Kier alpha value is -2.10. The summed E-state index contributed by atoms with van der Waals surface area (Å²) < 4.78 is 42.6. The van der Waals surface area contributed by atoms with Crippen LogP contribution in [0.2, 0.25) is 0 Å². The van der Waals surface area contributed by atoms with Gasteiger partial charge < -0.3 is 15.0 Å². The highest BCUT2D eigenvalue weighted by Gasteiger charge is 2.41. The van der Waals surface area contributed by atoms with Gasteiger partial charge in [0.15, 0.2) is 0 Å². The van der Waals surface area contributed by atoms with E-state index in [0.717, 1.165) is 10.4 Å². The normalized spacial score (nSPS) is 17.3. The van der Waals surface area contributed by atoms with Crippen LogP contribution in [0.1, 0.15) is 41.1 Å². The molecule has 6 nitrogen and oxygen atoms in total. The minimum atomic E-state index is -4.51. The molecule has 0 spiro atoms. The Labute approximate surface area is 158 Å². The Bertz CT molecular complexity index is 745. The van der Waals surface area contributed by atoms with Gasteiger partial charge in [0.05, 0.1) is 18.1 Å². The zero-order chi connectivity index (χ0) is 20.4. The molecule has 1 saturated heterocycles. The van der Waals surface area contributed by atoms with Crippen LogP contribution >= 0.6 is 11.3 Å². The van der Waals surface area contributed by atoms with Crippen LogP contribution in [0.15, 0.2) is 0 Å². The number of likely N-dealkylation sites (tertiary alicyclic amines) is 1. The maximum absolute atomic E-state index is 12.5. The molecule has 0 aliphatic carbocycles. The summed E-state index contributed by atoms with van der Waals surface area (Å²) in [6, 6.07) is 0. The first-order valence-electron chi connectivity index (χ1n) is 8.52. The predicted octanol–water partition coefficient (Wildman–Crippen LogP) is 3.14. The van der Waals surface area contributed by atoms with Gasteiger partial charge in [0, 0.05) is 17.8 Å². The number of carbonyl (C=O) groups is 3. The van der Waals surface area contributed by atoms with E-state index in [4.69, 9.17) is 4.74 Å². The van der Waals surface area contributed by atoms with Gasteiger partial charge in [-0.3, -0.25) is 9.59 Å². The summed E-state index contributed by atoms with van der Waals surface area (Å²) in [6.07, 6.45) is -4.24. The van der Waals surface area contributed by atoms with Crippen LogP contribution in [0.4, 0.5) is 18.2 Å². The number of halogens is 3. The van der Waals surface area contributed by atoms with Crippen molar-refractivity contribution in [3.8, 4) is 0 Å². The van der Waals surface area contributed by atoms with Crippen molar-refractivity contribution >= 4 is 34.1 Å². The molecule has 27 heavy (non-hydrogen) atoms. The average molecular weight is 406 g/mol. The van der Waals surface area contributed by atoms with Crippen molar-refractivity contribution in [2.75, 3.05) is 25.0 Å². The molecule has 1 unspecified atom stereocenters. The standard InChI is InChI=1S/C17H21F3N2O4S/c1-4-11-9(3)27-15(13(11)16(25)26-5-2)21-14(24)10-6-12(23)22(7-10)8-17(18,19)20/h10H,4-8H2,1-3H3,(H,21,24). The van der Waals surface area contributed by atoms with Crippen molar-refractivity contribution in [2.45, 2.75) is 39.8 Å². The van der Waals surface area contributed by atoms with Crippen molar-refractivity contribution in [3.05, 3.63) is 16.0 Å². The Morgan fingerprint density at radius 3 is 2.56 bits per heavy atom. The van der Waals surface area contributed by atoms with Crippen LogP contribution in [0.25, 0.3) is 0 Å². The molecule has 0 bridgehead atoms. The van der Waals surface area contributed by atoms with E-state index in [1.165, 1.54) is 11.3 Å². The van der Waals surface area contributed by atoms with Crippen molar-refractivity contribution in [1.29, 1.82) is 0 Å². The lowest BCUT2D eigenvalue weighted by Crippen LogP contribution is -2.36. The zero-order valence-corrected chi connectivity index (χ0v) is 16.1. The van der Waals surface area contributed by atoms with Gasteiger partial charge in [-0.25, -0.2) is 4.79 Å². The molecule has 0 aromatic carbocycles. The number of anilines is 1. The minimum absolute atomic E-state index is 0.174. The fourth-order valence-electron chi connectivity index (χ4n) is 3.04. The molecule has 1 N–H and O–H groups in total. The lowest BCUT2D eigenvalue weighted by atomic mass is 10.1. The van der Waals surface area contributed by atoms with Gasteiger partial charge in [-0.1, -0.05) is 6.92 Å². The maximum Gasteiger partial charge on any atom is 0.406 e. The molecule has 1 aliphatic heterocycles. The molecule has 2 rings (SSSR count). The molecule has 1 aromatic heterocycles. The number of nitrogens with zero attached hydrogens (tertiary/aromatic N) is 1. The van der Waals surface area contributed by atoms with Gasteiger partial charge in [-0.2, -0.15) is 13.2 Å². The molecule has 1 fully saturated rings. The van der Waals surface area contributed by atoms with E-state index >= 15 is 0 Å². The lowest BCUT2D eigenvalue weighted by molar-refractivity contribution is -0.157. The molecule has 10 heteroatoms. The number of alkyl halides is 3. The fraction of sp³-hybridized carbons (Fsp3) is 0.588. The first-order chi connectivity index (χ1) is 12.6. The molecule has 0 saturated carbocycles. The highest BCUT2D eigenvalue weighted by atomic mass is 32.1. The van der Waals surface area contributed by atoms with Gasteiger partial charge in [-0.05, 0) is 25.8 Å². The Kier molecular flexibility index (Phi) is 6.50. The van der Waals surface area contributed by atoms with Gasteiger partial charge in [0.25, 0.3) is 0 Å². The van der Waals surface area contributed by atoms with E-state index < -0.39 is 36.4 Å². The lowest BCUT2D eigenvalue weighted by Gasteiger charge is -2.18. The SMILES string of the molecule is CCOC(=O)c1c(NC(=O)C2CC(=O)N(CC(F)(F)F)C2)sc(C)c1CC. The molecule has 0 radical (unpaired) electrons. The third kappa shape index (κ3) is 5.00. The number of carbonyl (C=O) groups excluding carboxylic acids is 3. The third-order valence-electron chi connectivity index (χ3n) is 4.23. The second-order valence-corrected chi connectivity index (χ2v) is 7.42. The summed E-state index contributed by atoms with van der Waals surface area (Å²) in [5.74, 6) is -2.75. The number of hydrogen-bond acceptors (Lipinski definition) is 5. The quantitative estimate of drug-likeness (QED) is 0.737. The highest BCUT2D eigenvalue weighted by Crippen LogP contribution is 2.35. The maximum atomic E-state index is 12.5. The summed E-state index contributed by atoms with van der Waals surface area (Å²) in [6.45, 7) is 3.85. The second-order valence-electron chi connectivity index (χ2n) is 6.19. The third-order valence-corrected chi connectivity index (χ3v) is 5.30. The van der Waals surface area contributed by atoms with Gasteiger partial charge >= 0.3 is 12.1 Å². The summed E-state index contributed by atoms with van der Waals surface area (Å²) in [4.78, 5) is 38.0. The summed E-state index contributed by atoms with van der Waals surface area (Å²) in [5.41, 5.74) is 1.03. The fourth-order valence-corrected chi connectivity index (χ4v) is 4.18. The average Bonchev–Trinajstić information content (AvgIpc) is 3.06. The van der Waals surface area contributed by atoms with Crippen LogP contribution in [0.5, 0.6) is 0 Å².